The number of hydrogen-bond donors (Lipinski definition) is 1. The number of ether oxygens (including phenoxy) is 1. The maximum absolute atomic E-state index is 6.35. The maximum Gasteiger partial charge on any atom is 0.124 e. The summed E-state index contributed by atoms with van der Waals surface area (Å²) in [5.41, 5.74) is 2.83. The molecule has 2 aliphatic rings. The van der Waals surface area contributed by atoms with Gasteiger partial charge in [0.2, 0.25) is 0 Å². The lowest BCUT2D eigenvalue weighted by molar-refractivity contribution is 0.0698. The molecule has 0 bridgehead atoms. The summed E-state index contributed by atoms with van der Waals surface area (Å²) in [6.45, 7) is 8.86. The average Bonchev–Trinajstić information content (AvgIpc) is 2.48. The zero-order chi connectivity index (χ0) is 13.9. The van der Waals surface area contributed by atoms with Gasteiger partial charge in [0.15, 0.2) is 0 Å². The third-order valence-electron chi connectivity index (χ3n) is 4.54. The summed E-state index contributed by atoms with van der Waals surface area (Å²) in [5, 5.41) is 3.46. The molecular formula is C17H26N2O. The molecule has 0 amide bonds. The van der Waals surface area contributed by atoms with E-state index in [9.17, 15) is 0 Å². The molecule has 1 N–H and O–H groups in total. The van der Waals surface area contributed by atoms with E-state index < -0.39 is 0 Å². The summed E-state index contributed by atoms with van der Waals surface area (Å²) in [6.07, 6.45) is 3.89. The maximum atomic E-state index is 6.35. The van der Waals surface area contributed by atoms with Crippen LogP contribution in [0.2, 0.25) is 0 Å². The van der Waals surface area contributed by atoms with E-state index in [1.165, 1.54) is 30.5 Å². The van der Waals surface area contributed by atoms with Crippen molar-refractivity contribution in [2.24, 2.45) is 0 Å². The number of rotatable bonds is 3. The van der Waals surface area contributed by atoms with E-state index in [1.807, 2.05) is 0 Å². The van der Waals surface area contributed by atoms with Crippen molar-refractivity contribution in [2.45, 2.75) is 51.8 Å². The van der Waals surface area contributed by atoms with Crippen molar-refractivity contribution in [3.05, 3.63) is 29.3 Å². The molecule has 1 unspecified atom stereocenters. The van der Waals surface area contributed by atoms with Gasteiger partial charge in [-0.25, -0.2) is 0 Å². The van der Waals surface area contributed by atoms with Gasteiger partial charge in [-0.05, 0) is 57.8 Å². The first kappa shape index (κ1) is 13.9. The van der Waals surface area contributed by atoms with Crippen LogP contribution in [0.1, 0.15) is 37.8 Å². The van der Waals surface area contributed by atoms with Crippen LogP contribution in [-0.4, -0.2) is 36.7 Å². The highest BCUT2D eigenvalue weighted by molar-refractivity contribution is 5.41. The topological polar surface area (TPSA) is 24.5 Å². The minimum Gasteiger partial charge on any atom is -0.489 e. The summed E-state index contributed by atoms with van der Waals surface area (Å²) < 4.78 is 6.35. The first-order valence-corrected chi connectivity index (χ1v) is 7.96. The summed E-state index contributed by atoms with van der Waals surface area (Å²) in [6, 6.07) is 7.14. The third-order valence-corrected chi connectivity index (χ3v) is 4.54. The Kier molecular flexibility index (Phi) is 4.27. The summed E-state index contributed by atoms with van der Waals surface area (Å²) in [7, 11) is 0. The smallest absolute Gasteiger partial charge is 0.124 e. The Morgan fingerprint density at radius 1 is 1.35 bits per heavy atom. The number of benzene rings is 1. The van der Waals surface area contributed by atoms with Gasteiger partial charge in [0.05, 0.1) is 0 Å². The molecule has 110 valence electrons. The van der Waals surface area contributed by atoms with Crippen molar-refractivity contribution in [3.63, 3.8) is 0 Å². The lowest BCUT2D eigenvalue weighted by atomic mass is 10.00. The van der Waals surface area contributed by atoms with E-state index >= 15 is 0 Å². The SMILES string of the molecule is CC(C)N1CCCC(Oc2cccc3c2CNCC3)C1. The second-order valence-corrected chi connectivity index (χ2v) is 6.29. The van der Waals surface area contributed by atoms with E-state index in [1.54, 1.807) is 0 Å². The molecule has 0 aliphatic carbocycles. The van der Waals surface area contributed by atoms with Crippen molar-refractivity contribution < 1.29 is 4.74 Å². The molecule has 2 heterocycles. The molecule has 2 aliphatic heterocycles. The van der Waals surface area contributed by atoms with E-state index in [4.69, 9.17) is 4.74 Å². The number of likely N-dealkylation sites (tertiary alicyclic amines) is 1. The monoisotopic (exact) mass is 274 g/mol. The van der Waals surface area contributed by atoms with Crippen LogP contribution in [0.5, 0.6) is 5.75 Å². The van der Waals surface area contributed by atoms with Gasteiger partial charge in [-0.15, -0.1) is 0 Å². The minimum atomic E-state index is 0.347. The zero-order valence-electron chi connectivity index (χ0n) is 12.7. The summed E-state index contributed by atoms with van der Waals surface area (Å²) in [4.78, 5) is 2.53. The van der Waals surface area contributed by atoms with Crippen LogP contribution in [0.3, 0.4) is 0 Å². The van der Waals surface area contributed by atoms with Gasteiger partial charge < -0.3 is 10.1 Å². The third kappa shape index (κ3) is 2.99. The Labute approximate surface area is 122 Å². The normalized spacial score (nSPS) is 23.6. The van der Waals surface area contributed by atoms with E-state index in [-0.39, 0.29) is 0 Å². The van der Waals surface area contributed by atoms with Gasteiger partial charge in [0.1, 0.15) is 11.9 Å². The fourth-order valence-corrected chi connectivity index (χ4v) is 3.30. The molecule has 1 saturated heterocycles. The van der Waals surface area contributed by atoms with Gasteiger partial charge in [-0.1, -0.05) is 12.1 Å². The number of fused-ring (bicyclic) bond motifs is 1. The molecule has 1 fully saturated rings. The molecule has 1 aromatic rings. The number of nitrogens with zero attached hydrogens (tertiary/aromatic N) is 1. The molecule has 3 rings (SSSR count). The minimum absolute atomic E-state index is 0.347. The summed E-state index contributed by atoms with van der Waals surface area (Å²) in [5.74, 6) is 1.10. The van der Waals surface area contributed by atoms with Crippen molar-refractivity contribution >= 4 is 0 Å². The molecule has 3 nitrogen and oxygen atoms in total. The Balaban J connectivity index is 1.71. The van der Waals surface area contributed by atoms with Gasteiger partial charge in [-0.3, -0.25) is 4.90 Å². The van der Waals surface area contributed by atoms with Gasteiger partial charge in [0, 0.05) is 24.7 Å². The zero-order valence-corrected chi connectivity index (χ0v) is 12.7. The molecule has 0 saturated carbocycles. The lowest BCUT2D eigenvalue weighted by Crippen LogP contribution is -2.44. The molecule has 1 aromatic carbocycles. The molecular weight excluding hydrogens is 248 g/mol. The van der Waals surface area contributed by atoms with E-state index in [2.05, 4.69) is 42.3 Å². The van der Waals surface area contributed by atoms with Gasteiger partial charge in [-0.2, -0.15) is 0 Å². The highest BCUT2D eigenvalue weighted by atomic mass is 16.5. The van der Waals surface area contributed by atoms with Crippen molar-refractivity contribution in [1.29, 1.82) is 0 Å². The number of nitrogens with one attached hydrogen (secondary N) is 1. The lowest BCUT2D eigenvalue weighted by Gasteiger charge is -2.36. The van der Waals surface area contributed by atoms with Crippen LogP contribution in [0.4, 0.5) is 0 Å². The standard InChI is InChI=1S/C17H26N2O/c1-13(2)19-10-4-6-15(12-19)20-17-7-3-5-14-8-9-18-11-16(14)17/h3,5,7,13,15,18H,4,6,8-12H2,1-2H3. The Hall–Kier alpha value is -1.06. The van der Waals surface area contributed by atoms with Crippen LogP contribution < -0.4 is 10.1 Å². The molecule has 0 spiro atoms. The predicted molar refractivity (Wildman–Crippen MR) is 82.2 cm³/mol. The highest BCUT2D eigenvalue weighted by Gasteiger charge is 2.24. The Bertz CT molecular complexity index is 458. The molecule has 3 heteroatoms. The van der Waals surface area contributed by atoms with Gasteiger partial charge >= 0.3 is 0 Å². The van der Waals surface area contributed by atoms with Crippen molar-refractivity contribution in [3.8, 4) is 5.75 Å². The van der Waals surface area contributed by atoms with Crippen LogP contribution in [0.25, 0.3) is 0 Å². The fourth-order valence-electron chi connectivity index (χ4n) is 3.30. The fraction of sp³-hybridized carbons (Fsp3) is 0.647. The Morgan fingerprint density at radius 3 is 3.10 bits per heavy atom. The number of piperidine rings is 1. The van der Waals surface area contributed by atoms with Crippen LogP contribution in [-0.2, 0) is 13.0 Å². The second-order valence-electron chi connectivity index (χ2n) is 6.29. The molecule has 1 atom stereocenters. The van der Waals surface area contributed by atoms with Crippen LogP contribution in [0, 0.1) is 0 Å². The number of hydrogen-bond acceptors (Lipinski definition) is 3. The van der Waals surface area contributed by atoms with Crippen LogP contribution in [0.15, 0.2) is 18.2 Å². The molecule has 0 radical (unpaired) electrons. The van der Waals surface area contributed by atoms with E-state index in [0.29, 0.717) is 12.1 Å². The van der Waals surface area contributed by atoms with Gasteiger partial charge in [0.25, 0.3) is 0 Å². The molecule has 0 aromatic heterocycles. The largest absolute Gasteiger partial charge is 0.489 e. The highest BCUT2D eigenvalue weighted by Crippen LogP contribution is 2.27. The van der Waals surface area contributed by atoms with Crippen molar-refractivity contribution in [1.82, 2.24) is 10.2 Å². The van der Waals surface area contributed by atoms with E-state index in [0.717, 1.165) is 31.8 Å². The summed E-state index contributed by atoms with van der Waals surface area (Å²) >= 11 is 0. The van der Waals surface area contributed by atoms with Crippen LogP contribution >= 0.6 is 0 Å². The Morgan fingerprint density at radius 2 is 2.25 bits per heavy atom. The average molecular weight is 274 g/mol. The predicted octanol–water partition coefficient (Wildman–Crippen LogP) is 2.58. The first-order chi connectivity index (χ1) is 9.74. The first-order valence-electron chi connectivity index (χ1n) is 7.96. The molecule has 20 heavy (non-hydrogen) atoms. The van der Waals surface area contributed by atoms with Crippen molar-refractivity contribution in [2.75, 3.05) is 19.6 Å². The second kappa shape index (κ2) is 6.15. The quantitative estimate of drug-likeness (QED) is 0.917.